The second-order valence-corrected chi connectivity index (χ2v) is 12.3. The number of furan rings is 1. The lowest BCUT2D eigenvalue weighted by Crippen LogP contribution is -2.00. The summed E-state index contributed by atoms with van der Waals surface area (Å²) in [6, 6.07) is 56.9. The molecular weight excluding hydrogens is 599 g/mol. The van der Waals surface area contributed by atoms with E-state index >= 15 is 0 Å². The molecule has 0 aliphatic rings. The number of nitrogens with zero attached hydrogens (tertiary/aromatic N) is 3. The summed E-state index contributed by atoms with van der Waals surface area (Å²) in [6.07, 6.45) is 0. The van der Waals surface area contributed by atoms with Gasteiger partial charge in [0.15, 0.2) is 17.5 Å². The minimum atomic E-state index is 0.644. The molecule has 0 N–H and O–H groups in total. The third-order valence-electron chi connectivity index (χ3n) is 9.52. The molecule has 0 saturated carbocycles. The number of para-hydroxylation sites is 1. The van der Waals surface area contributed by atoms with Crippen molar-refractivity contribution in [3.8, 4) is 45.3 Å². The molecule has 0 aliphatic carbocycles. The van der Waals surface area contributed by atoms with Crippen molar-refractivity contribution in [2.75, 3.05) is 0 Å². The van der Waals surface area contributed by atoms with Crippen LogP contribution in [0.4, 0.5) is 0 Å². The highest BCUT2D eigenvalue weighted by Gasteiger charge is 2.19. The van der Waals surface area contributed by atoms with Crippen molar-refractivity contribution in [2.45, 2.75) is 0 Å². The van der Waals surface area contributed by atoms with Crippen LogP contribution in [0.2, 0.25) is 0 Å². The summed E-state index contributed by atoms with van der Waals surface area (Å²) in [5, 5.41) is 9.30. The number of fused-ring (bicyclic) bond motifs is 8. The van der Waals surface area contributed by atoms with Crippen LogP contribution in [0.15, 0.2) is 168 Å². The van der Waals surface area contributed by atoms with E-state index < -0.39 is 0 Å². The van der Waals surface area contributed by atoms with E-state index in [-0.39, 0.29) is 0 Å². The lowest BCUT2D eigenvalue weighted by atomic mass is 9.88. The fraction of sp³-hybridized carbons (Fsp3) is 0. The highest BCUT2D eigenvalue weighted by Crippen LogP contribution is 2.44. The minimum absolute atomic E-state index is 0.644. The maximum absolute atomic E-state index is 6.35. The van der Waals surface area contributed by atoms with Crippen LogP contribution in [-0.4, -0.2) is 15.0 Å². The number of aromatic nitrogens is 3. The third kappa shape index (κ3) is 4.42. The molecule has 10 aromatic rings. The average molecular weight is 626 g/mol. The molecule has 0 aliphatic heterocycles. The van der Waals surface area contributed by atoms with Crippen LogP contribution >= 0.6 is 0 Å². The van der Waals surface area contributed by atoms with Crippen LogP contribution in [0.5, 0.6) is 0 Å². The van der Waals surface area contributed by atoms with Gasteiger partial charge in [-0.3, -0.25) is 0 Å². The molecule has 0 saturated heterocycles. The van der Waals surface area contributed by atoms with Crippen LogP contribution in [-0.2, 0) is 0 Å². The molecule has 8 aromatic carbocycles. The van der Waals surface area contributed by atoms with Crippen molar-refractivity contribution in [1.29, 1.82) is 0 Å². The molecule has 0 atom stereocenters. The smallest absolute Gasteiger partial charge is 0.164 e. The van der Waals surface area contributed by atoms with Gasteiger partial charge in [0.25, 0.3) is 0 Å². The van der Waals surface area contributed by atoms with Crippen molar-refractivity contribution in [3.05, 3.63) is 164 Å². The van der Waals surface area contributed by atoms with Gasteiger partial charge in [-0.05, 0) is 68.4 Å². The fourth-order valence-electron chi connectivity index (χ4n) is 7.29. The molecule has 0 amide bonds. The number of rotatable bonds is 4. The minimum Gasteiger partial charge on any atom is -0.456 e. The number of hydrogen-bond donors (Lipinski definition) is 0. The zero-order valence-corrected chi connectivity index (χ0v) is 26.3. The maximum Gasteiger partial charge on any atom is 0.164 e. The highest BCUT2D eigenvalue weighted by atomic mass is 16.3. The Morgan fingerprint density at radius 1 is 0.327 bits per heavy atom. The molecule has 2 heterocycles. The molecule has 4 nitrogen and oxygen atoms in total. The van der Waals surface area contributed by atoms with E-state index in [9.17, 15) is 0 Å². The van der Waals surface area contributed by atoms with Gasteiger partial charge < -0.3 is 4.42 Å². The summed E-state index contributed by atoms with van der Waals surface area (Å²) in [4.78, 5) is 15.1. The van der Waals surface area contributed by atoms with Crippen LogP contribution in [0.3, 0.4) is 0 Å². The Labute approximate surface area is 282 Å². The fourth-order valence-corrected chi connectivity index (χ4v) is 7.29. The SMILES string of the molecule is c1ccc(-c2nc(-c3ccccc3)nc(-c3ccc(-c4cc5ccccc5c5c4ccc4oc6ccccc6c45)c4ccccc34)n2)cc1. The molecular formula is C45H27N3O. The van der Waals surface area contributed by atoms with Crippen LogP contribution in [0.1, 0.15) is 0 Å². The molecule has 0 bridgehead atoms. The van der Waals surface area contributed by atoms with E-state index in [4.69, 9.17) is 19.4 Å². The topological polar surface area (TPSA) is 51.8 Å². The summed E-state index contributed by atoms with van der Waals surface area (Å²) >= 11 is 0. The van der Waals surface area contributed by atoms with E-state index in [1.54, 1.807) is 0 Å². The largest absolute Gasteiger partial charge is 0.456 e. The Kier molecular flexibility index (Phi) is 6.15. The zero-order valence-electron chi connectivity index (χ0n) is 26.3. The van der Waals surface area contributed by atoms with Gasteiger partial charge in [-0.25, -0.2) is 15.0 Å². The summed E-state index contributed by atoms with van der Waals surface area (Å²) in [5.41, 5.74) is 6.99. The first-order chi connectivity index (χ1) is 24.3. The van der Waals surface area contributed by atoms with Gasteiger partial charge in [0.2, 0.25) is 0 Å². The quantitative estimate of drug-likeness (QED) is 0.183. The molecule has 228 valence electrons. The molecule has 4 heteroatoms. The van der Waals surface area contributed by atoms with E-state index in [2.05, 4.69) is 91.0 Å². The van der Waals surface area contributed by atoms with Crippen LogP contribution in [0, 0.1) is 0 Å². The molecule has 0 radical (unpaired) electrons. The second-order valence-electron chi connectivity index (χ2n) is 12.3. The predicted molar refractivity (Wildman–Crippen MR) is 201 cm³/mol. The van der Waals surface area contributed by atoms with Crippen LogP contribution < -0.4 is 0 Å². The summed E-state index contributed by atoms with van der Waals surface area (Å²) in [6.45, 7) is 0. The Balaban J connectivity index is 1.25. The molecule has 10 rings (SSSR count). The first kappa shape index (κ1) is 27.5. The summed E-state index contributed by atoms with van der Waals surface area (Å²) in [5.74, 6) is 1.94. The monoisotopic (exact) mass is 625 g/mol. The molecule has 2 aromatic heterocycles. The van der Waals surface area contributed by atoms with Gasteiger partial charge in [-0.1, -0.05) is 133 Å². The van der Waals surface area contributed by atoms with Crippen molar-refractivity contribution >= 4 is 54.3 Å². The van der Waals surface area contributed by atoms with Gasteiger partial charge in [-0.2, -0.15) is 0 Å². The molecule has 0 spiro atoms. The van der Waals surface area contributed by atoms with Crippen molar-refractivity contribution in [2.24, 2.45) is 0 Å². The predicted octanol–water partition coefficient (Wildman–Crippen LogP) is 11.9. The standard InChI is InChI=1S/C45H27N3O/c1-3-13-28(14-4-1)43-46-44(29-15-5-2-6-16-29)48-45(47-43)36-24-23-34(32-19-9-10-20-33(32)36)38-27-30-17-7-8-18-31(30)41-35(38)25-26-40-42(41)37-21-11-12-22-39(37)49-40/h1-27H. The van der Waals surface area contributed by atoms with Gasteiger partial charge in [0, 0.05) is 32.8 Å². The first-order valence-corrected chi connectivity index (χ1v) is 16.5. The summed E-state index contributed by atoms with van der Waals surface area (Å²) < 4.78 is 6.35. The van der Waals surface area contributed by atoms with Crippen molar-refractivity contribution < 1.29 is 4.42 Å². The van der Waals surface area contributed by atoms with Crippen molar-refractivity contribution in [3.63, 3.8) is 0 Å². The first-order valence-electron chi connectivity index (χ1n) is 16.5. The Morgan fingerprint density at radius 2 is 0.878 bits per heavy atom. The lowest BCUT2D eigenvalue weighted by molar-refractivity contribution is 0.669. The van der Waals surface area contributed by atoms with Gasteiger partial charge in [-0.15, -0.1) is 0 Å². The van der Waals surface area contributed by atoms with E-state index in [1.807, 2.05) is 72.8 Å². The Hall–Kier alpha value is -6.65. The lowest BCUT2D eigenvalue weighted by Gasteiger charge is -2.16. The third-order valence-corrected chi connectivity index (χ3v) is 9.52. The zero-order chi connectivity index (χ0) is 32.3. The molecule has 0 fully saturated rings. The average Bonchev–Trinajstić information content (AvgIpc) is 3.57. The number of benzene rings is 8. The Morgan fingerprint density at radius 3 is 1.59 bits per heavy atom. The summed E-state index contributed by atoms with van der Waals surface area (Å²) in [7, 11) is 0. The van der Waals surface area contributed by atoms with Crippen molar-refractivity contribution in [1.82, 2.24) is 15.0 Å². The van der Waals surface area contributed by atoms with Gasteiger partial charge >= 0.3 is 0 Å². The molecule has 49 heavy (non-hydrogen) atoms. The van der Waals surface area contributed by atoms with Crippen LogP contribution in [0.25, 0.3) is 99.5 Å². The van der Waals surface area contributed by atoms with E-state index in [0.717, 1.165) is 55.0 Å². The highest BCUT2D eigenvalue weighted by molar-refractivity contribution is 6.29. The second kappa shape index (κ2) is 11.0. The number of hydrogen-bond acceptors (Lipinski definition) is 4. The van der Waals surface area contributed by atoms with E-state index in [1.165, 1.54) is 27.1 Å². The normalized spacial score (nSPS) is 11.7. The van der Waals surface area contributed by atoms with Gasteiger partial charge in [0.05, 0.1) is 0 Å². The molecule has 0 unspecified atom stereocenters. The van der Waals surface area contributed by atoms with Gasteiger partial charge in [0.1, 0.15) is 11.2 Å². The maximum atomic E-state index is 6.35. The van der Waals surface area contributed by atoms with E-state index in [0.29, 0.717) is 17.5 Å². The Bertz CT molecular complexity index is 2820.